The number of nitrogens with zero attached hydrogens (tertiary/aromatic N) is 1. The maximum absolute atomic E-state index is 11.4. The largest absolute Gasteiger partial charge is 0.497 e. The van der Waals surface area contributed by atoms with E-state index in [1.807, 2.05) is 18.2 Å². The van der Waals surface area contributed by atoms with Crippen LogP contribution in [0.25, 0.3) is 0 Å². The van der Waals surface area contributed by atoms with Gasteiger partial charge in [0.1, 0.15) is 11.7 Å². The molecular formula is C11H10N2O2. The van der Waals surface area contributed by atoms with Gasteiger partial charge in [-0.1, -0.05) is 6.07 Å². The maximum atomic E-state index is 11.4. The fourth-order valence-corrected chi connectivity index (χ4v) is 1.61. The maximum Gasteiger partial charge on any atom is 0.242 e. The summed E-state index contributed by atoms with van der Waals surface area (Å²) in [5.74, 6) is -0.117. The zero-order valence-electron chi connectivity index (χ0n) is 8.28. The number of hydrogen-bond donors (Lipinski definition) is 1. The third-order valence-corrected chi connectivity index (χ3v) is 2.47. The van der Waals surface area contributed by atoms with Crippen molar-refractivity contribution in [1.82, 2.24) is 0 Å². The van der Waals surface area contributed by atoms with Gasteiger partial charge in [0.15, 0.2) is 0 Å². The van der Waals surface area contributed by atoms with Gasteiger partial charge in [-0.2, -0.15) is 5.26 Å². The second-order valence-corrected chi connectivity index (χ2v) is 3.40. The average Bonchev–Trinajstić information content (AvgIpc) is 2.27. The van der Waals surface area contributed by atoms with E-state index in [1.54, 1.807) is 13.2 Å². The first-order chi connectivity index (χ1) is 7.24. The molecule has 1 heterocycles. The predicted molar refractivity (Wildman–Crippen MR) is 54.4 cm³/mol. The summed E-state index contributed by atoms with van der Waals surface area (Å²) in [5.41, 5.74) is 1.72. The van der Waals surface area contributed by atoms with Crippen molar-refractivity contribution in [2.45, 2.75) is 6.42 Å². The van der Waals surface area contributed by atoms with Crippen molar-refractivity contribution in [1.29, 1.82) is 5.26 Å². The van der Waals surface area contributed by atoms with Gasteiger partial charge in [-0.25, -0.2) is 0 Å². The van der Waals surface area contributed by atoms with E-state index in [0.717, 1.165) is 11.3 Å². The Hall–Kier alpha value is -2.02. The molecule has 76 valence electrons. The molecule has 1 aromatic carbocycles. The number of anilines is 1. The van der Waals surface area contributed by atoms with E-state index in [4.69, 9.17) is 10.00 Å². The lowest BCUT2D eigenvalue weighted by molar-refractivity contribution is -0.118. The lowest BCUT2D eigenvalue weighted by atomic mass is 9.94. The van der Waals surface area contributed by atoms with E-state index < -0.39 is 5.92 Å². The highest BCUT2D eigenvalue weighted by Crippen LogP contribution is 2.28. The number of nitrogens with one attached hydrogen (secondary N) is 1. The molecule has 15 heavy (non-hydrogen) atoms. The monoisotopic (exact) mass is 202 g/mol. The summed E-state index contributed by atoms with van der Waals surface area (Å²) in [5, 5.41) is 11.4. The van der Waals surface area contributed by atoms with Crippen molar-refractivity contribution in [3.63, 3.8) is 0 Å². The van der Waals surface area contributed by atoms with Crippen LogP contribution >= 0.6 is 0 Å². The van der Waals surface area contributed by atoms with Crippen LogP contribution in [0.1, 0.15) is 5.56 Å². The van der Waals surface area contributed by atoms with Gasteiger partial charge in [0.25, 0.3) is 0 Å². The minimum Gasteiger partial charge on any atom is -0.497 e. The van der Waals surface area contributed by atoms with Gasteiger partial charge in [-0.15, -0.1) is 0 Å². The van der Waals surface area contributed by atoms with Crippen LogP contribution in [-0.4, -0.2) is 13.0 Å². The Kier molecular flexibility index (Phi) is 2.30. The molecule has 0 bridgehead atoms. The van der Waals surface area contributed by atoms with Crippen LogP contribution in [0.5, 0.6) is 5.75 Å². The van der Waals surface area contributed by atoms with Gasteiger partial charge in [0.05, 0.1) is 13.2 Å². The molecule has 1 unspecified atom stereocenters. The molecule has 2 rings (SSSR count). The third-order valence-electron chi connectivity index (χ3n) is 2.47. The minimum absolute atomic E-state index is 0.238. The lowest BCUT2D eigenvalue weighted by Crippen LogP contribution is -2.28. The topological polar surface area (TPSA) is 62.1 Å². The van der Waals surface area contributed by atoms with E-state index in [2.05, 4.69) is 5.32 Å². The number of methoxy groups -OCH3 is 1. The molecule has 1 aromatic rings. The Labute approximate surface area is 87.5 Å². The highest BCUT2D eigenvalue weighted by atomic mass is 16.5. The number of benzene rings is 1. The highest BCUT2D eigenvalue weighted by Gasteiger charge is 2.25. The summed E-state index contributed by atoms with van der Waals surface area (Å²) in [4.78, 5) is 11.4. The van der Waals surface area contributed by atoms with Gasteiger partial charge in [-0.05, 0) is 18.1 Å². The van der Waals surface area contributed by atoms with Crippen molar-refractivity contribution in [3.05, 3.63) is 23.8 Å². The zero-order chi connectivity index (χ0) is 10.8. The molecule has 1 aliphatic heterocycles. The highest BCUT2D eigenvalue weighted by molar-refractivity contribution is 5.97. The molecule has 1 amide bonds. The number of ether oxygens (including phenoxy) is 1. The van der Waals surface area contributed by atoms with Gasteiger partial charge >= 0.3 is 0 Å². The normalized spacial score (nSPS) is 18.7. The molecule has 4 nitrogen and oxygen atoms in total. The first-order valence-corrected chi connectivity index (χ1v) is 4.62. The zero-order valence-corrected chi connectivity index (χ0v) is 8.28. The minimum atomic E-state index is -0.578. The molecule has 0 radical (unpaired) electrons. The number of nitriles is 1. The van der Waals surface area contributed by atoms with Crippen LogP contribution < -0.4 is 10.1 Å². The molecule has 4 heteroatoms. The average molecular weight is 202 g/mol. The second kappa shape index (κ2) is 3.62. The summed E-state index contributed by atoms with van der Waals surface area (Å²) in [6, 6.07) is 7.44. The van der Waals surface area contributed by atoms with Crippen molar-refractivity contribution in [2.24, 2.45) is 5.92 Å². The molecule has 0 aromatic heterocycles. The number of carbonyl (C=O) groups excluding carboxylic acids is 1. The lowest BCUT2D eigenvalue weighted by Gasteiger charge is -2.20. The van der Waals surface area contributed by atoms with Crippen LogP contribution in [0.4, 0.5) is 5.69 Å². The van der Waals surface area contributed by atoms with Crippen molar-refractivity contribution in [3.8, 4) is 11.8 Å². The third kappa shape index (κ3) is 1.64. The summed E-state index contributed by atoms with van der Waals surface area (Å²) < 4.78 is 5.05. The number of carbonyl (C=O) groups is 1. The molecule has 1 N–H and O–H groups in total. The number of amides is 1. The molecule has 1 aliphatic rings. The summed E-state index contributed by atoms with van der Waals surface area (Å²) in [6.45, 7) is 0. The molecule has 0 saturated heterocycles. The van der Waals surface area contributed by atoms with Gasteiger partial charge in [-0.3, -0.25) is 4.79 Å². The number of hydrogen-bond acceptors (Lipinski definition) is 3. The molecular weight excluding hydrogens is 192 g/mol. The summed E-state index contributed by atoms with van der Waals surface area (Å²) >= 11 is 0. The van der Waals surface area contributed by atoms with E-state index >= 15 is 0 Å². The van der Waals surface area contributed by atoms with Crippen molar-refractivity contribution in [2.75, 3.05) is 12.4 Å². The molecule has 1 atom stereocenters. The smallest absolute Gasteiger partial charge is 0.242 e. The Bertz CT molecular complexity index is 448. The standard InChI is InChI=1S/C11H10N2O2/c1-15-9-3-2-7-4-8(6-12)11(14)13-10(7)5-9/h2-3,5,8H,4H2,1H3,(H,13,14). The Morgan fingerprint density at radius 3 is 3.07 bits per heavy atom. The fourth-order valence-electron chi connectivity index (χ4n) is 1.61. The number of fused-ring (bicyclic) bond motifs is 1. The van der Waals surface area contributed by atoms with Crippen LogP contribution in [0.3, 0.4) is 0 Å². The summed E-state index contributed by atoms with van der Waals surface area (Å²) in [6.07, 6.45) is 0.474. The quantitative estimate of drug-likeness (QED) is 0.747. The van der Waals surface area contributed by atoms with E-state index in [1.165, 1.54) is 0 Å². The first kappa shape index (κ1) is 9.53. The summed E-state index contributed by atoms with van der Waals surface area (Å²) in [7, 11) is 1.57. The molecule has 0 fully saturated rings. The van der Waals surface area contributed by atoms with E-state index in [0.29, 0.717) is 12.2 Å². The second-order valence-electron chi connectivity index (χ2n) is 3.40. The Balaban J connectivity index is 2.37. The Morgan fingerprint density at radius 2 is 2.40 bits per heavy atom. The van der Waals surface area contributed by atoms with Gasteiger partial charge in [0, 0.05) is 11.8 Å². The van der Waals surface area contributed by atoms with Gasteiger partial charge in [0.2, 0.25) is 5.91 Å². The number of rotatable bonds is 1. The fraction of sp³-hybridized carbons (Fsp3) is 0.273. The molecule has 0 saturated carbocycles. The molecule has 0 spiro atoms. The first-order valence-electron chi connectivity index (χ1n) is 4.62. The molecule has 0 aliphatic carbocycles. The van der Waals surface area contributed by atoms with Crippen molar-refractivity contribution < 1.29 is 9.53 Å². The van der Waals surface area contributed by atoms with Crippen LogP contribution in [0.15, 0.2) is 18.2 Å². The predicted octanol–water partition coefficient (Wildman–Crippen LogP) is 1.33. The van der Waals surface area contributed by atoms with E-state index in [-0.39, 0.29) is 5.91 Å². The SMILES string of the molecule is COc1ccc2c(c1)NC(=O)C(C#N)C2. The Morgan fingerprint density at radius 1 is 1.60 bits per heavy atom. The van der Waals surface area contributed by atoms with E-state index in [9.17, 15) is 4.79 Å². The van der Waals surface area contributed by atoms with Crippen molar-refractivity contribution >= 4 is 11.6 Å². The van der Waals surface area contributed by atoms with Crippen LogP contribution in [0, 0.1) is 17.2 Å². The van der Waals surface area contributed by atoms with Gasteiger partial charge < -0.3 is 10.1 Å². The van der Waals surface area contributed by atoms with Crippen LogP contribution in [0.2, 0.25) is 0 Å². The van der Waals surface area contributed by atoms with Crippen LogP contribution in [-0.2, 0) is 11.2 Å².